The Morgan fingerprint density at radius 3 is 1.76 bits per heavy atom. The molecule has 2 N–H and O–H groups in total. The number of hydrogen-bond donors (Lipinski definition) is 2. The highest BCUT2D eigenvalue weighted by molar-refractivity contribution is 4.98. The zero-order chi connectivity index (χ0) is 18.8. The Morgan fingerprint density at radius 2 is 1.28 bits per heavy atom. The van der Waals surface area contributed by atoms with Crippen molar-refractivity contribution in [1.29, 1.82) is 0 Å². The first-order chi connectivity index (χ1) is 11.8. The Labute approximate surface area is 152 Å². The molecule has 0 aromatic heterocycles. The van der Waals surface area contributed by atoms with E-state index in [0.29, 0.717) is 52.3 Å². The average Bonchev–Trinajstić information content (AvgIpc) is 2.53. The van der Waals surface area contributed by atoms with Crippen molar-refractivity contribution in [1.82, 2.24) is 10.4 Å². The van der Waals surface area contributed by atoms with Crippen molar-refractivity contribution < 1.29 is 24.2 Å². The van der Waals surface area contributed by atoms with E-state index in [1.807, 2.05) is 0 Å². The summed E-state index contributed by atoms with van der Waals surface area (Å²) in [6, 6.07) is 0.387. The lowest BCUT2D eigenvalue weighted by atomic mass is 9.79. The normalized spacial score (nSPS) is 20.9. The van der Waals surface area contributed by atoms with Gasteiger partial charge in [0, 0.05) is 30.8 Å². The zero-order valence-electron chi connectivity index (χ0n) is 16.7. The first-order valence-electron chi connectivity index (χ1n) is 9.24. The molecule has 1 fully saturated rings. The molecule has 0 unspecified atom stereocenters. The minimum absolute atomic E-state index is 0.223. The van der Waals surface area contributed by atoms with Gasteiger partial charge in [0.15, 0.2) is 0 Å². The summed E-state index contributed by atoms with van der Waals surface area (Å²) in [5.74, 6) is 0. The molecule has 0 aromatic carbocycles. The average molecular weight is 363 g/mol. The van der Waals surface area contributed by atoms with Gasteiger partial charge in [0.1, 0.15) is 0 Å². The summed E-state index contributed by atoms with van der Waals surface area (Å²) in [4.78, 5) is 0. The Hall–Kier alpha value is -0.280. The van der Waals surface area contributed by atoms with Crippen LogP contribution in [-0.2, 0) is 18.9 Å². The Bertz CT molecular complexity index is 334. The van der Waals surface area contributed by atoms with Gasteiger partial charge < -0.3 is 29.5 Å². The van der Waals surface area contributed by atoms with Crippen molar-refractivity contribution >= 4 is 0 Å². The van der Waals surface area contributed by atoms with Gasteiger partial charge in [-0.3, -0.25) is 0 Å². The van der Waals surface area contributed by atoms with Crippen molar-refractivity contribution in [3.05, 3.63) is 0 Å². The van der Waals surface area contributed by atoms with Crippen LogP contribution in [0.15, 0.2) is 0 Å². The lowest BCUT2D eigenvalue weighted by Gasteiger charge is -2.51. The second-order valence-electron chi connectivity index (χ2n) is 7.83. The fraction of sp³-hybridized carbons (Fsp3) is 1.00. The Kier molecular flexibility index (Phi) is 10.4. The Balaban J connectivity index is 2.00. The van der Waals surface area contributed by atoms with Gasteiger partial charge in [0.2, 0.25) is 0 Å². The van der Waals surface area contributed by atoms with E-state index < -0.39 is 0 Å². The molecule has 0 saturated carbocycles. The van der Waals surface area contributed by atoms with Crippen molar-refractivity contribution in [2.24, 2.45) is 0 Å². The van der Waals surface area contributed by atoms with Gasteiger partial charge in [0.25, 0.3) is 0 Å². The van der Waals surface area contributed by atoms with Crippen LogP contribution in [-0.4, -0.2) is 87.3 Å². The molecule has 1 heterocycles. The van der Waals surface area contributed by atoms with E-state index in [1.165, 1.54) is 5.06 Å². The van der Waals surface area contributed by atoms with Crippen LogP contribution < -0.4 is 5.32 Å². The molecule has 0 bridgehead atoms. The number of nitrogens with one attached hydrogen (secondary N) is 1. The largest absolute Gasteiger partial charge is 0.382 e. The maximum atomic E-state index is 10.3. The molecule has 1 rings (SSSR count). The highest BCUT2D eigenvalue weighted by Gasteiger charge is 2.44. The van der Waals surface area contributed by atoms with Crippen molar-refractivity contribution in [3.63, 3.8) is 0 Å². The molecule has 1 aliphatic heterocycles. The fourth-order valence-corrected chi connectivity index (χ4v) is 3.43. The van der Waals surface area contributed by atoms with E-state index in [-0.39, 0.29) is 11.1 Å². The quantitative estimate of drug-likeness (QED) is 0.483. The van der Waals surface area contributed by atoms with Gasteiger partial charge in [-0.05, 0) is 40.5 Å². The van der Waals surface area contributed by atoms with Crippen LogP contribution in [0.5, 0.6) is 0 Å². The van der Waals surface area contributed by atoms with Gasteiger partial charge in [-0.1, -0.05) is 0 Å². The third kappa shape index (κ3) is 8.77. The van der Waals surface area contributed by atoms with Crippen LogP contribution in [0.3, 0.4) is 0 Å². The molecule has 0 spiro atoms. The van der Waals surface area contributed by atoms with Crippen LogP contribution in [0.2, 0.25) is 0 Å². The number of piperidine rings is 1. The van der Waals surface area contributed by atoms with Gasteiger partial charge in [-0.2, -0.15) is 5.06 Å². The predicted octanol–water partition coefficient (Wildman–Crippen LogP) is 1.68. The van der Waals surface area contributed by atoms with Crippen molar-refractivity contribution in [3.8, 4) is 0 Å². The molecular formula is C18H38N2O5. The zero-order valence-corrected chi connectivity index (χ0v) is 16.7. The summed E-state index contributed by atoms with van der Waals surface area (Å²) in [6.45, 7) is 13.3. The number of ether oxygens (including phenoxy) is 4. The molecule has 0 aromatic rings. The standard InChI is InChI=1S/C18H38N2O5/c1-17(2)14-16(15-18(3,4)20(17)21)19-6-7-23-10-11-25-13-12-24-9-8-22-5/h16,19,21H,6-15H2,1-5H3. The number of rotatable bonds is 13. The minimum Gasteiger partial charge on any atom is -0.382 e. The number of nitrogens with zero attached hydrogens (tertiary/aromatic N) is 1. The smallest absolute Gasteiger partial charge is 0.0701 e. The van der Waals surface area contributed by atoms with Gasteiger partial charge >= 0.3 is 0 Å². The predicted molar refractivity (Wildman–Crippen MR) is 97.1 cm³/mol. The molecule has 0 amide bonds. The van der Waals surface area contributed by atoms with Crippen molar-refractivity contribution in [2.75, 3.05) is 59.9 Å². The minimum atomic E-state index is -0.223. The first kappa shape index (κ1) is 22.8. The number of hydrogen-bond acceptors (Lipinski definition) is 7. The van der Waals surface area contributed by atoms with Crippen LogP contribution in [0.1, 0.15) is 40.5 Å². The topological polar surface area (TPSA) is 72.4 Å². The molecule has 1 saturated heterocycles. The molecule has 150 valence electrons. The summed E-state index contributed by atoms with van der Waals surface area (Å²) in [6.07, 6.45) is 1.83. The maximum Gasteiger partial charge on any atom is 0.0701 e. The van der Waals surface area contributed by atoms with E-state index in [0.717, 1.165) is 19.4 Å². The molecule has 7 heteroatoms. The summed E-state index contributed by atoms with van der Waals surface area (Å²) in [5, 5.41) is 15.4. The van der Waals surface area contributed by atoms with Crippen LogP contribution in [0.25, 0.3) is 0 Å². The summed E-state index contributed by atoms with van der Waals surface area (Å²) < 4.78 is 21.2. The monoisotopic (exact) mass is 362 g/mol. The molecule has 25 heavy (non-hydrogen) atoms. The van der Waals surface area contributed by atoms with Crippen LogP contribution >= 0.6 is 0 Å². The van der Waals surface area contributed by atoms with Gasteiger partial charge in [-0.15, -0.1) is 0 Å². The third-order valence-electron chi connectivity index (χ3n) is 4.49. The third-order valence-corrected chi connectivity index (χ3v) is 4.49. The van der Waals surface area contributed by atoms with Gasteiger partial charge in [0.05, 0.1) is 46.2 Å². The number of hydroxylamine groups is 2. The van der Waals surface area contributed by atoms with Crippen molar-refractivity contribution in [2.45, 2.75) is 57.7 Å². The van der Waals surface area contributed by atoms with E-state index >= 15 is 0 Å². The lowest BCUT2D eigenvalue weighted by Crippen LogP contribution is -2.62. The van der Waals surface area contributed by atoms with E-state index in [9.17, 15) is 5.21 Å². The maximum absolute atomic E-state index is 10.3. The molecule has 0 atom stereocenters. The summed E-state index contributed by atoms with van der Waals surface area (Å²) in [7, 11) is 1.66. The van der Waals surface area contributed by atoms with E-state index in [2.05, 4.69) is 33.0 Å². The molecule has 1 aliphatic rings. The second-order valence-corrected chi connectivity index (χ2v) is 7.83. The van der Waals surface area contributed by atoms with Gasteiger partial charge in [-0.25, -0.2) is 0 Å². The SMILES string of the molecule is COCCOCCOCCOCCNC1CC(C)(C)N(O)C(C)(C)C1. The summed E-state index contributed by atoms with van der Waals surface area (Å²) in [5.41, 5.74) is -0.446. The number of methoxy groups -OCH3 is 1. The lowest BCUT2D eigenvalue weighted by molar-refractivity contribution is -0.246. The first-order valence-corrected chi connectivity index (χ1v) is 9.24. The van der Waals surface area contributed by atoms with E-state index in [1.54, 1.807) is 7.11 Å². The highest BCUT2D eigenvalue weighted by Crippen LogP contribution is 2.36. The van der Waals surface area contributed by atoms with Crippen LogP contribution in [0.4, 0.5) is 0 Å². The molecule has 0 aliphatic carbocycles. The fourth-order valence-electron chi connectivity index (χ4n) is 3.43. The highest BCUT2D eigenvalue weighted by atomic mass is 16.6. The molecule has 7 nitrogen and oxygen atoms in total. The Morgan fingerprint density at radius 1 is 0.840 bits per heavy atom. The molecular weight excluding hydrogens is 324 g/mol. The van der Waals surface area contributed by atoms with E-state index in [4.69, 9.17) is 18.9 Å². The second kappa shape index (κ2) is 11.4. The summed E-state index contributed by atoms with van der Waals surface area (Å²) >= 11 is 0. The van der Waals surface area contributed by atoms with Crippen LogP contribution in [0, 0.1) is 0 Å². The molecule has 0 radical (unpaired) electrons.